The van der Waals surface area contributed by atoms with Gasteiger partial charge in [0.2, 0.25) is 5.91 Å². The molecule has 1 amide bonds. The van der Waals surface area contributed by atoms with Gasteiger partial charge in [-0.15, -0.1) is 0 Å². The summed E-state index contributed by atoms with van der Waals surface area (Å²) in [6.07, 6.45) is 4.25. The molecule has 1 aliphatic rings. The van der Waals surface area contributed by atoms with Gasteiger partial charge in [-0.25, -0.2) is 14.4 Å². The predicted molar refractivity (Wildman–Crippen MR) is 165 cm³/mol. The van der Waals surface area contributed by atoms with Crippen molar-refractivity contribution < 1.29 is 18.1 Å². The van der Waals surface area contributed by atoms with Crippen LogP contribution >= 0.6 is 11.8 Å². The Morgan fingerprint density at radius 2 is 1.79 bits per heavy atom. The van der Waals surface area contributed by atoms with Crippen molar-refractivity contribution in [2.75, 3.05) is 44.4 Å². The highest BCUT2D eigenvalue weighted by molar-refractivity contribution is 7.98. The first-order valence-electron chi connectivity index (χ1n) is 13.8. The Balaban J connectivity index is 1.54. The number of morpholine rings is 1. The van der Waals surface area contributed by atoms with E-state index in [0.717, 1.165) is 83.9 Å². The molecule has 220 valence electrons. The molecule has 0 radical (unpaired) electrons. The van der Waals surface area contributed by atoms with E-state index in [2.05, 4.69) is 19.8 Å². The minimum Gasteiger partial charge on any atom is -0.379 e. The number of thioether (sulfide) groups is 1. The summed E-state index contributed by atoms with van der Waals surface area (Å²) in [6, 6.07) is 17.9. The average molecular weight is 608 g/mol. The van der Waals surface area contributed by atoms with Gasteiger partial charge in [-0.05, 0) is 60.5 Å². The van der Waals surface area contributed by atoms with Gasteiger partial charge in [0.05, 0.1) is 24.6 Å². The number of amides is 1. The van der Waals surface area contributed by atoms with Crippen molar-refractivity contribution in [1.82, 2.24) is 19.4 Å². The first-order chi connectivity index (χ1) is 20.4. The van der Waals surface area contributed by atoms with E-state index in [1.165, 1.54) is 19.1 Å². The number of aromatic nitrogens is 3. The average Bonchev–Trinajstić information content (AvgIpc) is 3.35. The summed E-state index contributed by atoms with van der Waals surface area (Å²) < 4.78 is 33.5. The number of nitrogens with zero attached hydrogens (tertiary/aromatic N) is 4. The molecule has 4 aromatic rings. The van der Waals surface area contributed by atoms with Crippen LogP contribution in [0.4, 0.5) is 10.2 Å². The summed E-state index contributed by atoms with van der Waals surface area (Å²) in [5.74, 6) is 0.612. The van der Waals surface area contributed by atoms with Gasteiger partial charge in [-0.3, -0.25) is 13.9 Å². The van der Waals surface area contributed by atoms with Gasteiger partial charge in [0.25, 0.3) is 0 Å². The van der Waals surface area contributed by atoms with Crippen LogP contribution in [0.2, 0.25) is 0 Å². The maximum atomic E-state index is 13.9. The summed E-state index contributed by atoms with van der Waals surface area (Å²) in [5.41, 5.74) is 4.37. The maximum Gasteiger partial charge on any atom is 0.222 e. The number of pyridine rings is 1. The molecule has 0 bridgehead atoms. The molecule has 5 rings (SSSR count). The second-order valence-corrected chi connectivity index (χ2v) is 12.4. The second kappa shape index (κ2) is 14.2. The van der Waals surface area contributed by atoms with Crippen LogP contribution in [0.25, 0.3) is 22.5 Å². The molecule has 1 atom stereocenters. The van der Waals surface area contributed by atoms with Crippen molar-refractivity contribution in [3.8, 4) is 22.5 Å². The Morgan fingerprint density at radius 1 is 1.05 bits per heavy atom. The molecule has 0 saturated carbocycles. The highest BCUT2D eigenvalue weighted by Gasteiger charge is 2.22. The van der Waals surface area contributed by atoms with Gasteiger partial charge in [-0.2, -0.15) is 0 Å². The van der Waals surface area contributed by atoms with E-state index in [1.807, 2.05) is 36.4 Å². The van der Waals surface area contributed by atoms with Crippen LogP contribution in [-0.2, 0) is 32.6 Å². The van der Waals surface area contributed by atoms with Crippen LogP contribution in [0, 0.1) is 5.82 Å². The van der Waals surface area contributed by atoms with Crippen LogP contribution in [0.15, 0.2) is 76.9 Å². The third kappa shape index (κ3) is 7.71. The Morgan fingerprint density at radius 3 is 2.48 bits per heavy atom. The van der Waals surface area contributed by atoms with Crippen LogP contribution < -0.4 is 5.32 Å². The van der Waals surface area contributed by atoms with Gasteiger partial charge < -0.3 is 14.6 Å². The van der Waals surface area contributed by atoms with Gasteiger partial charge in [0.15, 0.2) is 5.16 Å². The van der Waals surface area contributed by atoms with Crippen LogP contribution in [0.3, 0.4) is 0 Å². The molecule has 1 N–H and O–H groups in total. The number of ether oxygens (including phenoxy) is 1. The second-order valence-electron chi connectivity index (χ2n) is 10.1. The van der Waals surface area contributed by atoms with Crippen molar-refractivity contribution in [2.24, 2.45) is 0 Å². The Bertz CT molecular complexity index is 1540. The van der Waals surface area contributed by atoms with Crippen LogP contribution in [-0.4, -0.2) is 68.7 Å². The first-order valence-corrected chi connectivity index (χ1v) is 16.4. The number of carbonyl (C=O) groups excluding carboxylic acids is 1. The molecule has 42 heavy (non-hydrogen) atoms. The zero-order valence-electron chi connectivity index (χ0n) is 23.7. The lowest BCUT2D eigenvalue weighted by atomic mass is 10.1. The lowest BCUT2D eigenvalue weighted by Crippen LogP contribution is -2.37. The smallest absolute Gasteiger partial charge is 0.222 e. The predicted octanol–water partition coefficient (Wildman–Crippen LogP) is 5.46. The zero-order chi connectivity index (χ0) is 29.5. The number of carbonyl (C=O) groups is 1. The molecule has 1 aliphatic heterocycles. The highest BCUT2D eigenvalue weighted by Crippen LogP contribution is 2.38. The largest absolute Gasteiger partial charge is 0.379 e. The number of nitrogens with one attached hydrogen (secondary N) is 1. The van der Waals surface area contributed by atoms with Gasteiger partial charge in [0, 0.05) is 78.1 Å². The fourth-order valence-corrected chi connectivity index (χ4v) is 6.38. The Hall–Kier alpha value is -3.38. The van der Waals surface area contributed by atoms with Crippen molar-refractivity contribution in [2.45, 2.75) is 35.7 Å². The molecular formula is C31H34FN5O3S2. The van der Waals surface area contributed by atoms with E-state index in [-0.39, 0.29) is 11.7 Å². The lowest BCUT2D eigenvalue weighted by Gasteiger charge is -2.26. The summed E-state index contributed by atoms with van der Waals surface area (Å²) in [4.78, 5) is 24.4. The van der Waals surface area contributed by atoms with Crippen molar-refractivity contribution in [3.63, 3.8) is 0 Å². The van der Waals surface area contributed by atoms with E-state index in [0.29, 0.717) is 11.6 Å². The van der Waals surface area contributed by atoms with E-state index < -0.39 is 10.8 Å². The van der Waals surface area contributed by atoms with Gasteiger partial charge >= 0.3 is 0 Å². The molecule has 2 aromatic heterocycles. The first kappa shape index (κ1) is 30.1. The molecular weight excluding hydrogens is 574 g/mol. The summed E-state index contributed by atoms with van der Waals surface area (Å²) in [5, 5.41) is 3.62. The number of rotatable bonds is 11. The summed E-state index contributed by atoms with van der Waals surface area (Å²) in [6.45, 7) is 6.44. The number of imidazole rings is 1. The third-order valence-corrected chi connectivity index (χ3v) is 8.95. The monoisotopic (exact) mass is 607 g/mol. The number of anilines is 1. The summed E-state index contributed by atoms with van der Waals surface area (Å²) in [7, 11) is -1.03. The quantitative estimate of drug-likeness (QED) is 0.227. The van der Waals surface area contributed by atoms with Crippen molar-refractivity contribution in [3.05, 3.63) is 78.2 Å². The van der Waals surface area contributed by atoms with Gasteiger partial charge in [-0.1, -0.05) is 23.9 Å². The molecule has 2 aromatic carbocycles. The molecule has 8 nitrogen and oxygen atoms in total. The Labute approximate surface area is 252 Å². The summed E-state index contributed by atoms with van der Waals surface area (Å²) >= 11 is 1.63. The topological polar surface area (TPSA) is 89.4 Å². The molecule has 1 saturated heterocycles. The van der Waals surface area contributed by atoms with Crippen LogP contribution in [0.1, 0.15) is 18.9 Å². The van der Waals surface area contributed by atoms with Crippen molar-refractivity contribution >= 4 is 34.3 Å². The SMILES string of the molecule is CC(=O)Nc1cc(-c2c(-c3ccc(F)cc3)nc(SCc3ccc(S(C)=O)cc3)n2CCCN2CCOCC2)ccn1. The number of hydrogen-bond acceptors (Lipinski definition) is 7. The normalized spacial score (nSPS) is 14.5. The van der Waals surface area contributed by atoms with E-state index in [4.69, 9.17) is 9.72 Å². The van der Waals surface area contributed by atoms with E-state index in [9.17, 15) is 13.4 Å². The third-order valence-electron chi connectivity index (χ3n) is 6.97. The Kier molecular flexibility index (Phi) is 10.2. The number of benzene rings is 2. The molecule has 1 fully saturated rings. The standard InChI is InChI=1S/C31H34FN5O3S2/c1-22(38)34-28-20-25(12-13-33-28)30-29(24-6-8-26(32)9-7-24)35-31(37(30)15-3-14-36-16-18-40-19-17-36)41-21-23-4-10-27(11-5-23)42(2)39/h4-13,20H,3,14-19,21H2,1-2H3,(H,33,34,38). The zero-order valence-corrected chi connectivity index (χ0v) is 25.3. The van der Waals surface area contributed by atoms with E-state index >= 15 is 0 Å². The van der Waals surface area contributed by atoms with E-state index in [1.54, 1.807) is 36.3 Å². The number of hydrogen-bond donors (Lipinski definition) is 1. The fourth-order valence-electron chi connectivity index (χ4n) is 4.88. The minimum absolute atomic E-state index is 0.202. The highest BCUT2D eigenvalue weighted by atomic mass is 32.2. The molecule has 0 spiro atoms. The number of halogens is 1. The molecule has 0 aliphatic carbocycles. The van der Waals surface area contributed by atoms with Crippen molar-refractivity contribution in [1.29, 1.82) is 0 Å². The van der Waals surface area contributed by atoms with Crippen LogP contribution in [0.5, 0.6) is 0 Å². The molecule has 3 heterocycles. The fraction of sp³-hybridized carbons (Fsp3) is 0.323. The molecule has 11 heteroatoms. The molecule has 1 unspecified atom stereocenters. The minimum atomic E-state index is -1.03. The maximum absolute atomic E-state index is 13.9. The lowest BCUT2D eigenvalue weighted by molar-refractivity contribution is -0.114. The van der Waals surface area contributed by atoms with Gasteiger partial charge in [0.1, 0.15) is 11.6 Å².